The standard InChI is InChI=1S/C25H31F3N2O4/c1-29(2)24(31)19-10-18(16-34-21-7-5-6-20(12-21)25(26,27)28)14-30(15-19)13-17-8-9-22(32-3)23(11-17)33-4/h5-9,11-12,18-19H,10,13-16H2,1-4H3/t18-,19+/m0/s1. The quantitative estimate of drug-likeness (QED) is 0.563. The highest BCUT2D eigenvalue weighted by molar-refractivity contribution is 5.78. The lowest BCUT2D eigenvalue weighted by molar-refractivity contribution is -0.138. The van der Waals surface area contributed by atoms with E-state index in [1.807, 2.05) is 18.2 Å². The number of likely N-dealkylation sites (tertiary alicyclic amines) is 1. The molecule has 34 heavy (non-hydrogen) atoms. The molecular weight excluding hydrogens is 449 g/mol. The van der Waals surface area contributed by atoms with Gasteiger partial charge in [-0.15, -0.1) is 0 Å². The number of benzene rings is 2. The van der Waals surface area contributed by atoms with Gasteiger partial charge >= 0.3 is 6.18 Å². The van der Waals surface area contributed by atoms with Crippen LogP contribution in [-0.2, 0) is 17.5 Å². The number of hydrogen-bond acceptors (Lipinski definition) is 5. The van der Waals surface area contributed by atoms with Crippen molar-refractivity contribution in [1.29, 1.82) is 0 Å². The molecule has 0 saturated carbocycles. The van der Waals surface area contributed by atoms with Gasteiger partial charge in [-0.1, -0.05) is 12.1 Å². The fraction of sp³-hybridized carbons (Fsp3) is 0.480. The van der Waals surface area contributed by atoms with E-state index < -0.39 is 11.7 Å². The number of methoxy groups -OCH3 is 2. The zero-order chi connectivity index (χ0) is 24.9. The summed E-state index contributed by atoms with van der Waals surface area (Å²) < 4.78 is 55.5. The van der Waals surface area contributed by atoms with Gasteiger partial charge < -0.3 is 19.1 Å². The fourth-order valence-electron chi connectivity index (χ4n) is 4.31. The summed E-state index contributed by atoms with van der Waals surface area (Å²) in [5, 5.41) is 0. The maximum absolute atomic E-state index is 13.0. The molecule has 1 aliphatic heterocycles. The molecule has 1 amide bonds. The largest absolute Gasteiger partial charge is 0.493 e. The van der Waals surface area contributed by atoms with Crippen LogP contribution in [-0.4, -0.2) is 63.7 Å². The number of halogens is 3. The molecule has 3 rings (SSSR count). The Morgan fingerprint density at radius 2 is 1.79 bits per heavy atom. The van der Waals surface area contributed by atoms with Crippen molar-refractivity contribution in [3.63, 3.8) is 0 Å². The average molecular weight is 481 g/mol. The van der Waals surface area contributed by atoms with Crippen LogP contribution in [0.25, 0.3) is 0 Å². The van der Waals surface area contributed by atoms with Crippen molar-refractivity contribution < 1.29 is 32.2 Å². The third-order valence-electron chi connectivity index (χ3n) is 5.90. The van der Waals surface area contributed by atoms with E-state index in [0.717, 1.165) is 17.7 Å². The Morgan fingerprint density at radius 1 is 1.06 bits per heavy atom. The Kier molecular flexibility index (Phi) is 8.30. The normalized spacial score (nSPS) is 18.9. The molecule has 1 saturated heterocycles. The summed E-state index contributed by atoms with van der Waals surface area (Å²) in [6.07, 6.45) is -3.82. The molecule has 0 bridgehead atoms. The van der Waals surface area contributed by atoms with E-state index in [0.29, 0.717) is 37.6 Å². The van der Waals surface area contributed by atoms with Gasteiger partial charge in [-0.3, -0.25) is 9.69 Å². The van der Waals surface area contributed by atoms with Crippen LogP contribution in [0.2, 0.25) is 0 Å². The molecule has 1 heterocycles. The molecule has 0 aliphatic carbocycles. The minimum absolute atomic E-state index is 0.0164. The highest BCUT2D eigenvalue weighted by atomic mass is 19.4. The number of alkyl halides is 3. The molecule has 0 N–H and O–H groups in total. The van der Waals surface area contributed by atoms with Crippen LogP contribution in [0.4, 0.5) is 13.2 Å². The third kappa shape index (κ3) is 6.56. The van der Waals surface area contributed by atoms with Crippen molar-refractivity contribution in [3.05, 3.63) is 53.6 Å². The second kappa shape index (κ2) is 11.0. The van der Waals surface area contributed by atoms with E-state index in [-0.39, 0.29) is 30.1 Å². The molecule has 0 aromatic heterocycles. The molecule has 1 fully saturated rings. The first kappa shape index (κ1) is 25.7. The zero-order valence-corrected chi connectivity index (χ0v) is 19.9. The Labute approximate surface area is 198 Å². The van der Waals surface area contributed by atoms with Crippen LogP contribution >= 0.6 is 0 Å². The molecule has 0 spiro atoms. The Hall–Kier alpha value is -2.94. The molecule has 0 unspecified atom stereocenters. The Morgan fingerprint density at radius 3 is 2.44 bits per heavy atom. The molecule has 2 aromatic carbocycles. The van der Waals surface area contributed by atoms with E-state index in [9.17, 15) is 18.0 Å². The van der Waals surface area contributed by atoms with E-state index in [2.05, 4.69) is 4.90 Å². The topological polar surface area (TPSA) is 51.2 Å². The summed E-state index contributed by atoms with van der Waals surface area (Å²) in [4.78, 5) is 16.5. The highest BCUT2D eigenvalue weighted by Crippen LogP contribution is 2.33. The third-order valence-corrected chi connectivity index (χ3v) is 5.90. The van der Waals surface area contributed by atoms with Gasteiger partial charge in [0.1, 0.15) is 5.75 Å². The van der Waals surface area contributed by atoms with E-state index in [1.165, 1.54) is 12.1 Å². The molecule has 6 nitrogen and oxygen atoms in total. The molecular formula is C25H31F3N2O4. The summed E-state index contributed by atoms with van der Waals surface area (Å²) in [7, 11) is 6.61. The number of rotatable bonds is 8. The van der Waals surface area contributed by atoms with Crippen LogP contribution in [0, 0.1) is 11.8 Å². The fourth-order valence-corrected chi connectivity index (χ4v) is 4.31. The molecule has 0 radical (unpaired) electrons. The van der Waals surface area contributed by atoms with Gasteiger partial charge in [0.15, 0.2) is 11.5 Å². The van der Waals surface area contributed by atoms with Crippen LogP contribution in [0.3, 0.4) is 0 Å². The summed E-state index contributed by atoms with van der Waals surface area (Å²) in [6.45, 7) is 2.06. The van der Waals surface area contributed by atoms with Crippen molar-refractivity contribution >= 4 is 5.91 Å². The van der Waals surface area contributed by atoms with E-state index in [4.69, 9.17) is 14.2 Å². The summed E-state index contributed by atoms with van der Waals surface area (Å²) in [6, 6.07) is 10.6. The number of amides is 1. The number of nitrogens with zero attached hydrogens (tertiary/aromatic N) is 2. The predicted octanol–water partition coefficient (Wildman–Crippen LogP) is 4.33. The summed E-state index contributed by atoms with van der Waals surface area (Å²) in [5.41, 5.74) is 0.262. The first-order valence-corrected chi connectivity index (χ1v) is 11.0. The van der Waals surface area contributed by atoms with Crippen molar-refractivity contribution in [1.82, 2.24) is 9.80 Å². The van der Waals surface area contributed by atoms with E-state index in [1.54, 1.807) is 33.2 Å². The summed E-state index contributed by atoms with van der Waals surface area (Å²) >= 11 is 0. The predicted molar refractivity (Wildman–Crippen MR) is 122 cm³/mol. The monoisotopic (exact) mass is 480 g/mol. The maximum atomic E-state index is 13.0. The SMILES string of the molecule is COc1ccc(CN2C[C@@H](COc3cccc(C(F)(F)F)c3)C[C@@H](C(=O)N(C)C)C2)cc1OC. The second-order valence-corrected chi connectivity index (χ2v) is 8.75. The number of hydrogen-bond donors (Lipinski definition) is 0. The average Bonchev–Trinajstić information content (AvgIpc) is 2.81. The molecule has 186 valence electrons. The van der Waals surface area contributed by atoms with Crippen molar-refractivity contribution in [2.45, 2.75) is 19.1 Å². The van der Waals surface area contributed by atoms with Crippen LogP contribution in [0.15, 0.2) is 42.5 Å². The van der Waals surface area contributed by atoms with Gasteiger partial charge in [0, 0.05) is 39.6 Å². The highest BCUT2D eigenvalue weighted by Gasteiger charge is 2.33. The number of piperidine rings is 1. The second-order valence-electron chi connectivity index (χ2n) is 8.75. The number of carbonyl (C=O) groups is 1. The lowest BCUT2D eigenvalue weighted by Gasteiger charge is -2.38. The number of carbonyl (C=O) groups excluding carboxylic acids is 1. The first-order chi connectivity index (χ1) is 16.1. The zero-order valence-electron chi connectivity index (χ0n) is 19.9. The van der Waals surface area contributed by atoms with Gasteiger partial charge in [-0.2, -0.15) is 13.2 Å². The smallest absolute Gasteiger partial charge is 0.416 e. The minimum atomic E-state index is -4.43. The molecule has 1 aliphatic rings. The van der Waals surface area contributed by atoms with Crippen LogP contribution in [0.5, 0.6) is 17.2 Å². The van der Waals surface area contributed by atoms with Gasteiger partial charge in [0.25, 0.3) is 0 Å². The van der Waals surface area contributed by atoms with Gasteiger partial charge in [0.2, 0.25) is 5.91 Å². The van der Waals surface area contributed by atoms with Crippen LogP contribution < -0.4 is 14.2 Å². The lowest BCUT2D eigenvalue weighted by atomic mass is 9.88. The molecule has 2 atom stereocenters. The van der Waals surface area contributed by atoms with Gasteiger partial charge in [0.05, 0.1) is 32.3 Å². The maximum Gasteiger partial charge on any atom is 0.416 e. The van der Waals surface area contributed by atoms with Crippen molar-refractivity contribution in [3.8, 4) is 17.2 Å². The number of ether oxygens (including phenoxy) is 3. The minimum Gasteiger partial charge on any atom is -0.493 e. The van der Waals surface area contributed by atoms with Crippen molar-refractivity contribution in [2.75, 3.05) is 48.0 Å². The first-order valence-electron chi connectivity index (χ1n) is 11.0. The summed E-state index contributed by atoms with van der Waals surface area (Å²) in [5.74, 6) is 1.22. The lowest BCUT2D eigenvalue weighted by Crippen LogP contribution is -2.47. The Balaban J connectivity index is 1.73. The van der Waals surface area contributed by atoms with Crippen molar-refractivity contribution in [2.24, 2.45) is 11.8 Å². The molecule has 2 aromatic rings. The van der Waals surface area contributed by atoms with Gasteiger partial charge in [-0.05, 0) is 42.3 Å². The van der Waals surface area contributed by atoms with Gasteiger partial charge in [-0.25, -0.2) is 0 Å². The van der Waals surface area contributed by atoms with Crippen LogP contribution in [0.1, 0.15) is 17.5 Å². The Bertz CT molecular complexity index is 981. The molecule has 9 heteroatoms. The van der Waals surface area contributed by atoms with E-state index >= 15 is 0 Å².